The van der Waals surface area contributed by atoms with Gasteiger partial charge in [-0.05, 0) is 28.3 Å². The van der Waals surface area contributed by atoms with Gasteiger partial charge >= 0.3 is 0 Å². The molecule has 0 heterocycles. The Balaban J connectivity index is 2.53. The van der Waals surface area contributed by atoms with E-state index in [2.05, 4.69) is 43.5 Å². The number of fused-ring (bicyclic) bond motifs is 1. The lowest BCUT2D eigenvalue weighted by molar-refractivity contribution is -0.110. The fraction of sp³-hybridized carbons (Fsp3) is 0.176. The fourth-order valence-electron chi connectivity index (χ4n) is 2.29. The van der Waals surface area contributed by atoms with Gasteiger partial charge in [0.05, 0.1) is 0 Å². The summed E-state index contributed by atoms with van der Waals surface area (Å²) in [5.74, 6) is -0.0452. The topological polar surface area (TPSA) is 17.1 Å². The summed E-state index contributed by atoms with van der Waals surface area (Å²) in [6.45, 7) is 5.61. The monoisotopic (exact) mass is 236 g/mol. The molecule has 0 N–H and O–H groups in total. The minimum absolute atomic E-state index is 0.128. The van der Waals surface area contributed by atoms with E-state index >= 15 is 0 Å². The molecule has 1 nitrogen and oxygen atoms in total. The number of hydrogen-bond acceptors (Lipinski definition) is 1. The number of rotatable bonds is 4. The molecule has 2 aromatic carbocycles. The van der Waals surface area contributed by atoms with Crippen LogP contribution < -0.4 is 0 Å². The molecule has 18 heavy (non-hydrogen) atoms. The van der Waals surface area contributed by atoms with Crippen LogP contribution in [0.15, 0.2) is 60.9 Å². The smallest absolute Gasteiger partial charge is 0.128 e. The van der Waals surface area contributed by atoms with E-state index in [1.54, 1.807) is 6.08 Å². The molecular formula is C17H16O. The third-order valence-electron chi connectivity index (χ3n) is 3.36. The molecule has 0 saturated carbocycles. The van der Waals surface area contributed by atoms with Crippen LogP contribution in [0.25, 0.3) is 10.8 Å². The SMILES string of the molecule is C=C=CC(C=O)C(C)c1cccc2ccccc12. The minimum Gasteiger partial charge on any atom is -0.303 e. The summed E-state index contributed by atoms with van der Waals surface area (Å²) in [5.41, 5.74) is 3.90. The summed E-state index contributed by atoms with van der Waals surface area (Å²) < 4.78 is 0. The van der Waals surface area contributed by atoms with Gasteiger partial charge in [0.2, 0.25) is 0 Å². The third-order valence-corrected chi connectivity index (χ3v) is 3.36. The van der Waals surface area contributed by atoms with E-state index in [-0.39, 0.29) is 11.8 Å². The lowest BCUT2D eigenvalue weighted by Crippen LogP contribution is -2.09. The summed E-state index contributed by atoms with van der Waals surface area (Å²) in [5, 5.41) is 2.41. The molecule has 0 bridgehead atoms. The van der Waals surface area contributed by atoms with E-state index in [9.17, 15) is 4.79 Å². The largest absolute Gasteiger partial charge is 0.303 e. The van der Waals surface area contributed by atoms with Gasteiger partial charge in [-0.3, -0.25) is 0 Å². The van der Waals surface area contributed by atoms with Crippen molar-refractivity contribution in [2.24, 2.45) is 5.92 Å². The van der Waals surface area contributed by atoms with Gasteiger partial charge in [0.15, 0.2) is 0 Å². The number of hydrogen-bond donors (Lipinski definition) is 0. The van der Waals surface area contributed by atoms with Crippen molar-refractivity contribution in [1.29, 1.82) is 0 Å². The van der Waals surface area contributed by atoms with E-state index in [1.165, 1.54) is 16.3 Å². The zero-order chi connectivity index (χ0) is 13.0. The second kappa shape index (κ2) is 5.48. The van der Waals surface area contributed by atoms with Crippen molar-refractivity contribution in [1.82, 2.24) is 0 Å². The van der Waals surface area contributed by atoms with Crippen LogP contribution in [0, 0.1) is 5.92 Å². The molecule has 0 saturated heterocycles. The summed E-state index contributed by atoms with van der Waals surface area (Å²) in [6, 6.07) is 14.4. The Morgan fingerprint density at radius 1 is 1.17 bits per heavy atom. The van der Waals surface area contributed by atoms with Gasteiger partial charge in [-0.15, -0.1) is 5.73 Å². The van der Waals surface area contributed by atoms with Crippen LogP contribution in [-0.4, -0.2) is 6.29 Å². The van der Waals surface area contributed by atoms with Crippen molar-refractivity contribution in [2.75, 3.05) is 0 Å². The minimum atomic E-state index is -0.173. The third kappa shape index (κ3) is 2.27. The molecule has 0 spiro atoms. The van der Waals surface area contributed by atoms with Crippen molar-refractivity contribution in [3.8, 4) is 0 Å². The van der Waals surface area contributed by atoms with Crippen LogP contribution in [0.5, 0.6) is 0 Å². The summed E-state index contributed by atoms with van der Waals surface area (Å²) in [7, 11) is 0. The molecule has 2 aromatic rings. The first-order valence-corrected chi connectivity index (χ1v) is 6.07. The summed E-state index contributed by atoms with van der Waals surface area (Å²) >= 11 is 0. The maximum atomic E-state index is 11.1. The van der Waals surface area contributed by atoms with E-state index in [0.29, 0.717) is 0 Å². The van der Waals surface area contributed by atoms with Crippen LogP contribution in [0.4, 0.5) is 0 Å². The van der Waals surface area contributed by atoms with Crippen LogP contribution in [0.2, 0.25) is 0 Å². The quantitative estimate of drug-likeness (QED) is 0.577. The molecular weight excluding hydrogens is 220 g/mol. The van der Waals surface area contributed by atoms with E-state index in [0.717, 1.165) is 6.29 Å². The first kappa shape index (κ1) is 12.3. The predicted octanol–water partition coefficient (Wildman–Crippen LogP) is 4.10. The van der Waals surface area contributed by atoms with Gasteiger partial charge in [-0.1, -0.05) is 56.0 Å². The molecule has 0 aliphatic heterocycles. The van der Waals surface area contributed by atoms with Gasteiger partial charge < -0.3 is 4.79 Å². The summed E-state index contributed by atoms with van der Waals surface area (Å²) in [6.07, 6.45) is 2.70. The molecule has 0 aliphatic carbocycles. The first-order chi connectivity index (χ1) is 8.77. The molecule has 0 aromatic heterocycles. The van der Waals surface area contributed by atoms with E-state index in [4.69, 9.17) is 0 Å². The van der Waals surface area contributed by atoms with Crippen molar-refractivity contribution >= 4 is 17.1 Å². The highest BCUT2D eigenvalue weighted by molar-refractivity contribution is 5.86. The Kier molecular flexibility index (Phi) is 3.76. The Hall–Kier alpha value is -2.11. The lowest BCUT2D eigenvalue weighted by Gasteiger charge is -2.17. The van der Waals surface area contributed by atoms with Crippen molar-refractivity contribution < 1.29 is 4.79 Å². The number of benzene rings is 2. The Morgan fingerprint density at radius 2 is 1.89 bits per heavy atom. The molecule has 2 rings (SSSR count). The van der Waals surface area contributed by atoms with Crippen molar-refractivity contribution in [2.45, 2.75) is 12.8 Å². The van der Waals surface area contributed by atoms with Gasteiger partial charge in [0.25, 0.3) is 0 Å². The first-order valence-electron chi connectivity index (χ1n) is 6.07. The second-order valence-electron chi connectivity index (χ2n) is 4.44. The highest BCUT2D eigenvalue weighted by Crippen LogP contribution is 2.30. The normalized spacial score (nSPS) is 13.6. The molecule has 0 fully saturated rings. The molecule has 0 amide bonds. The van der Waals surface area contributed by atoms with E-state index in [1.807, 2.05) is 18.2 Å². The maximum Gasteiger partial charge on any atom is 0.128 e. The number of carbonyl (C=O) groups is 1. The lowest BCUT2D eigenvalue weighted by atomic mass is 9.85. The standard InChI is InChI=1S/C17H16O/c1-3-7-15(12-18)13(2)16-11-6-9-14-8-4-5-10-17(14)16/h4-13,15H,1H2,2H3. The molecule has 90 valence electrons. The fourth-order valence-corrected chi connectivity index (χ4v) is 2.29. The number of allylic oxidation sites excluding steroid dienone is 1. The van der Waals surface area contributed by atoms with Crippen LogP contribution in [-0.2, 0) is 4.79 Å². The maximum absolute atomic E-state index is 11.1. The number of carbonyl (C=O) groups excluding carboxylic acids is 1. The molecule has 0 radical (unpaired) electrons. The summed E-state index contributed by atoms with van der Waals surface area (Å²) in [4.78, 5) is 11.1. The Bertz CT molecular complexity index is 601. The van der Waals surface area contributed by atoms with Crippen molar-refractivity contribution in [3.63, 3.8) is 0 Å². The highest BCUT2D eigenvalue weighted by atomic mass is 16.1. The molecule has 0 aliphatic rings. The Labute approximate surface area is 107 Å². The average Bonchev–Trinajstić information content (AvgIpc) is 2.43. The van der Waals surface area contributed by atoms with E-state index < -0.39 is 0 Å². The van der Waals surface area contributed by atoms with Gasteiger partial charge in [0, 0.05) is 5.92 Å². The zero-order valence-electron chi connectivity index (χ0n) is 10.5. The van der Waals surface area contributed by atoms with Gasteiger partial charge in [-0.25, -0.2) is 0 Å². The molecule has 2 unspecified atom stereocenters. The van der Waals surface area contributed by atoms with Crippen molar-refractivity contribution in [3.05, 3.63) is 66.4 Å². The molecule has 1 heteroatoms. The molecule has 2 atom stereocenters. The Morgan fingerprint density at radius 3 is 2.61 bits per heavy atom. The average molecular weight is 236 g/mol. The predicted molar refractivity (Wildman–Crippen MR) is 75.6 cm³/mol. The highest BCUT2D eigenvalue weighted by Gasteiger charge is 2.17. The number of aldehydes is 1. The van der Waals surface area contributed by atoms with Gasteiger partial charge in [-0.2, -0.15) is 0 Å². The zero-order valence-corrected chi connectivity index (χ0v) is 10.5. The van der Waals surface area contributed by atoms with Crippen LogP contribution in [0.1, 0.15) is 18.4 Å². The van der Waals surface area contributed by atoms with Crippen LogP contribution in [0.3, 0.4) is 0 Å². The second-order valence-corrected chi connectivity index (χ2v) is 4.44. The van der Waals surface area contributed by atoms with Crippen LogP contribution >= 0.6 is 0 Å². The van der Waals surface area contributed by atoms with Gasteiger partial charge in [0.1, 0.15) is 6.29 Å².